The van der Waals surface area contributed by atoms with E-state index >= 15 is 0 Å². The van der Waals surface area contributed by atoms with Crippen molar-refractivity contribution in [1.29, 1.82) is 0 Å². The molecule has 7 heteroatoms. The topological polar surface area (TPSA) is 71.1 Å². The van der Waals surface area contributed by atoms with E-state index in [0.717, 1.165) is 57.4 Å². The van der Waals surface area contributed by atoms with Gasteiger partial charge in [-0.05, 0) is 25.7 Å². The van der Waals surface area contributed by atoms with Crippen LogP contribution in [-0.4, -0.2) is 43.8 Å². The maximum atomic E-state index is 13.0. The predicted octanol–water partition coefficient (Wildman–Crippen LogP) is 5.77. The smallest absolute Gasteiger partial charge is 0.328 e. The molecular formula is C21H40O6P+. The summed E-state index contributed by atoms with van der Waals surface area (Å²) in [6, 6.07) is 0. The van der Waals surface area contributed by atoms with Crippen LogP contribution in [0.3, 0.4) is 0 Å². The summed E-state index contributed by atoms with van der Waals surface area (Å²) in [4.78, 5) is 12.2. The van der Waals surface area contributed by atoms with Crippen LogP contribution in [0.25, 0.3) is 0 Å². The van der Waals surface area contributed by atoms with E-state index in [0.29, 0.717) is 26.4 Å². The number of unbranched alkanes of at least 4 members (excludes halogenated alkanes) is 4. The molecule has 0 amide bonds. The molecule has 2 atom stereocenters. The molecule has 0 aromatic carbocycles. The standard InChI is InChI=1S/C21H40O6P/c1-6-11-15-24-20(28(23)19(22)10-5)21(25-16-12-7-2,26-17-13-8-3)27-18-14-9-4/h10,20H,5-9,11-18H2,1-4H3/q+1. The first-order valence-corrected chi connectivity index (χ1v) is 12.0. The van der Waals surface area contributed by atoms with Crippen LogP contribution in [0.2, 0.25) is 0 Å². The summed E-state index contributed by atoms with van der Waals surface area (Å²) in [5, 5.41) is 0. The molecule has 0 heterocycles. The first-order valence-electron chi connectivity index (χ1n) is 10.7. The number of allylic oxidation sites excluding steroid dienone is 1. The Labute approximate surface area is 172 Å². The third-order valence-electron chi connectivity index (χ3n) is 4.08. The van der Waals surface area contributed by atoms with Crippen molar-refractivity contribution in [2.75, 3.05) is 26.4 Å². The molecule has 0 N–H and O–H groups in total. The Morgan fingerprint density at radius 1 is 0.857 bits per heavy atom. The fraction of sp³-hybridized carbons (Fsp3) is 0.857. The van der Waals surface area contributed by atoms with Crippen LogP contribution in [0, 0.1) is 0 Å². The number of carbonyl (C=O) groups is 1. The molecule has 0 aliphatic carbocycles. The van der Waals surface area contributed by atoms with E-state index in [1.807, 2.05) is 6.92 Å². The third-order valence-corrected chi connectivity index (χ3v) is 5.59. The highest BCUT2D eigenvalue weighted by molar-refractivity contribution is 7.64. The van der Waals surface area contributed by atoms with E-state index in [9.17, 15) is 9.36 Å². The maximum Gasteiger partial charge on any atom is 0.460 e. The number of carbonyl (C=O) groups excluding carboxylic acids is 1. The highest BCUT2D eigenvalue weighted by Crippen LogP contribution is 2.41. The lowest BCUT2D eigenvalue weighted by Gasteiger charge is -2.34. The molecule has 0 bridgehead atoms. The Hall–Kier alpha value is -0.650. The van der Waals surface area contributed by atoms with E-state index in [4.69, 9.17) is 18.9 Å². The molecule has 28 heavy (non-hydrogen) atoms. The van der Waals surface area contributed by atoms with Crippen LogP contribution in [-0.2, 0) is 28.3 Å². The fourth-order valence-corrected chi connectivity index (χ4v) is 3.44. The zero-order valence-corrected chi connectivity index (χ0v) is 19.1. The summed E-state index contributed by atoms with van der Waals surface area (Å²) < 4.78 is 37.0. The fourth-order valence-electron chi connectivity index (χ4n) is 2.27. The summed E-state index contributed by atoms with van der Waals surface area (Å²) in [5.74, 6) is -2.79. The average molecular weight is 420 g/mol. The molecule has 0 aromatic rings. The number of hydrogen-bond donors (Lipinski definition) is 0. The zero-order valence-electron chi connectivity index (χ0n) is 18.2. The van der Waals surface area contributed by atoms with Gasteiger partial charge in [-0.3, -0.25) is 0 Å². The van der Waals surface area contributed by atoms with Gasteiger partial charge in [0.1, 0.15) is 0 Å². The molecule has 0 radical (unpaired) electrons. The van der Waals surface area contributed by atoms with Crippen LogP contribution in [0.5, 0.6) is 0 Å². The Balaban J connectivity index is 5.79. The van der Waals surface area contributed by atoms with Crippen molar-refractivity contribution in [2.24, 2.45) is 0 Å². The van der Waals surface area contributed by atoms with Gasteiger partial charge in [0.2, 0.25) is 0 Å². The van der Waals surface area contributed by atoms with Crippen LogP contribution >= 0.6 is 7.80 Å². The average Bonchev–Trinajstić information content (AvgIpc) is 2.70. The van der Waals surface area contributed by atoms with E-state index in [2.05, 4.69) is 27.4 Å². The molecule has 0 aromatic heterocycles. The lowest BCUT2D eigenvalue weighted by Crippen LogP contribution is -2.51. The summed E-state index contributed by atoms with van der Waals surface area (Å²) in [5.41, 5.74) is -0.585. The molecule has 2 unspecified atom stereocenters. The maximum absolute atomic E-state index is 13.0. The zero-order chi connectivity index (χ0) is 21.3. The van der Waals surface area contributed by atoms with Crippen molar-refractivity contribution in [3.8, 4) is 0 Å². The summed E-state index contributed by atoms with van der Waals surface area (Å²) in [7, 11) is -2.48. The van der Waals surface area contributed by atoms with Crippen molar-refractivity contribution in [1.82, 2.24) is 0 Å². The Bertz CT molecular complexity index is 414. The van der Waals surface area contributed by atoms with Crippen molar-refractivity contribution >= 4 is 13.3 Å². The second-order valence-corrected chi connectivity index (χ2v) is 8.22. The van der Waals surface area contributed by atoms with Crippen LogP contribution < -0.4 is 0 Å². The minimum Gasteiger partial charge on any atom is -0.328 e. The molecule has 0 spiro atoms. The van der Waals surface area contributed by atoms with Gasteiger partial charge in [0, 0.05) is 6.08 Å². The highest BCUT2D eigenvalue weighted by Gasteiger charge is 2.58. The molecule has 0 saturated heterocycles. The van der Waals surface area contributed by atoms with E-state index < -0.39 is 25.1 Å². The van der Waals surface area contributed by atoms with Crippen molar-refractivity contribution in [3.63, 3.8) is 0 Å². The van der Waals surface area contributed by atoms with Gasteiger partial charge in [-0.2, -0.15) is 0 Å². The molecule has 0 fully saturated rings. The van der Waals surface area contributed by atoms with Crippen molar-refractivity contribution in [3.05, 3.63) is 12.7 Å². The van der Waals surface area contributed by atoms with E-state index in [-0.39, 0.29) is 0 Å². The summed E-state index contributed by atoms with van der Waals surface area (Å²) >= 11 is 0. The second-order valence-electron chi connectivity index (χ2n) is 6.65. The Kier molecular flexibility index (Phi) is 16.8. The van der Waals surface area contributed by atoms with Crippen molar-refractivity contribution < 1.29 is 28.3 Å². The predicted molar refractivity (Wildman–Crippen MR) is 113 cm³/mol. The lowest BCUT2D eigenvalue weighted by molar-refractivity contribution is -0.404. The third kappa shape index (κ3) is 10.2. The van der Waals surface area contributed by atoms with Gasteiger partial charge < -0.3 is 18.9 Å². The molecule has 6 nitrogen and oxygen atoms in total. The number of ether oxygens (including phenoxy) is 4. The molecule has 0 saturated carbocycles. The van der Waals surface area contributed by atoms with E-state index in [1.54, 1.807) is 0 Å². The second kappa shape index (κ2) is 17.2. The summed E-state index contributed by atoms with van der Waals surface area (Å²) in [6.45, 7) is 13.1. The van der Waals surface area contributed by atoms with Gasteiger partial charge in [-0.25, -0.2) is 4.79 Å². The van der Waals surface area contributed by atoms with Gasteiger partial charge in [-0.1, -0.05) is 64.5 Å². The lowest BCUT2D eigenvalue weighted by atomic mass is 10.3. The normalized spacial score (nSPS) is 13.4. The molecule has 164 valence electrons. The molecule has 0 aliphatic heterocycles. The van der Waals surface area contributed by atoms with Gasteiger partial charge in [0.05, 0.1) is 26.4 Å². The SMILES string of the molecule is C=CC(=O)[P+](=O)C(OCCCC)C(OCCCC)(OCCCC)OCCCC. The molecule has 0 aliphatic rings. The van der Waals surface area contributed by atoms with E-state index in [1.165, 1.54) is 0 Å². The van der Waals surface area contributed by atoms with Crippen LogP contribution in [0.4, 0.5) is 0 Å². The van der Waals surface area contributed by atoms with Crippen molar-refractivity contribution in [2.45, 2.75) is 90.9 Å². The number of hydrogen-bond acceptors (Lipinski definition) is 6. The summed E-state index contributed by atoms with van der Waals surface area (Å²) in [6.07, 6.45) is 7.92. The van der Waals surface area contributed by atoms with Gasteiger partial charge >= 0.3 is 25.1 Å². The monoisotopic (exact) mass is 419 g/mol. The van der Waals surface area contributed by atoms with Gasteiger partial charge in [-0.15, -0.1) is 0 Å². The first kappa shape index (κ1) is 27.4. The quantitative estimate of drug-likeness (QED) is 0.108. The Morgan fingerprint density at radius 2 is 1.25 bits per heavy atom. The molecular weight excluding hydrogens is 379 g/mol. The Morgan fingerprint density at radius 3 is 1.61 bits per heavy atom. The number of rotatable bonds is 20. The minimum atomic E-state index is -2.48. The highest BCUT2D eigenvalue weighted by atomic mass is 31.1. The minimum absolute atomic E-state index is 0.347. The van der Waals surface area contributed by atoms with Crippen LogP contribution in [0.15, 0.2) is 12.7 Å². The first-order chi connectivity index (χ1) is 13.5. The molecule has 0 rings (SSSR count). The van der Waals surface area contributed by atoms with Gasteiger partial charge in [0.15, 0.2) is 0 Å². The largest absolute Gasteiger partial charge is 0.460 e. The van der Waals surface area contributed by atoms with Gasteiger partial charge in [0.25, 0.3) is 0 Å². The van der Waals surface area contributed by atoms with Crippen LogP contribution in [0.1, 0.15) is 79.1 Å².